The fourth-order valence-corrected chi connectivity index (χ4v) is 7.42. The Morgan fingerprint density at radius 3 is 2.49 bits per heavy atom. The Morgan fingerprint density at radius 2 is 1.77 bits per heavy atom. The fraction of sp³-hybridized carbons (Fsp3) is 0.438. The number of amides is 4. The van der Waals surface area contributed by atoms with Crippen LogP contribution in [0.3, 0.4) is 0 Å². The highest BCUT2D eigenvalue weighted by Crippen LogP contribution is 2.59. The Morgan fingerprint density at radius 1 is 1.00 bits per heavy atom. The Hall–Kier alpha value is -4.13. The molecule has 250 valence electrons. The molecule has 12 nitrogen and oxygen atoms in total. The molecule has 0 saturated carbocycles. The minimum Gasteiger partial charge on any atom is -0.351 e. The van der Waals surface area contributed by atoms with Crippen LogP contribution in [0, 0.1) is 6.92 Å². The normalized spacial score (nSPS) is 22.0. The minimum atomic E-state index is -5.81. The Labute approximate surface area is 269 Å². The SMILES string of the molecule is CC(=O)N1CC[C@H]2CC[C@@H](C(=O)N3CCc4ccc(C)cc4C3)N2C(=O)[C@@H](NC(=O)c2cc3cc(C(F)(F)P(=O)(O)O)ccc3[nH]2)C1. The molecule has 0 radical (unpaired) electrons. The van der Waals surface area contributed by atoms with Gasteiger partial charge in [0.2, 0.25) is 17.7 Å². The standard InChI is InChI=1S/C32H36F2N5O7P/c1-18-3-4-20-9-11-38(16-22(20)13-18)31(43)28-8-6-24-10-12-37(19(2)40)17-27(30(42)39(24)28)36-29(41)26-15-21-14-23(5-7-25(21)35-26)32(33,34)47(44,45)46/h3-5,7,13-15,24,27-28,35H,6,8-12,16-17H2,1-2H3,(H,36,41)(H2,44,45,46)/t24-,27+,28+/m1/s1. The molecule has 6 rings (SSSR count). The monoisotopic (exact) mass is 671 g/mol. The summed E-state index contributed by atoms with van der Waals surface area (Å²) in [6.07, 6.45) is 2.22. The van der Waals surface area contributed by atoms with E-state index in [1.165, 1.54) is 29.5 Å². The third kappa shape index (κ3) is 6.17. The smallest absolute Gasteiger partial charge is 0.351 e. The number of aromatic amines is 1. The summed E-state index contributed by atoms with van der Waals surface area (Å²) in [6, 6.07) is 8.13. The molecule has 0 aliphatic carbocycles. The first-order valence-electron chi connectivity index (χ1n) is 15.5. The van der Waals surface area contributed by atoms with Crippen molar-refractivity contribution in [1.82, 2.24) is 25.0 Å². The zero-order valence-corrected chi connectivity index (χ0v) is 26.8. The highest BCUT2D eigenvalue weighted by atomic mass is 31.2. The lowest BCUT2D eigenvalue weighted by molar-refractivity contribution is -0.149. The number of H-pyrrole nitrogens is 1. The van der Waals surface area contributed by atoms with Crippen molar-refractivity contribution in [3.8, 4) is 0 Å². The average Bonchev–Trinajstić information content (AvgIpc) is 3.64. The van der Waals surface area contributed by atoms with E-state index in [0.717, 1.165) is 23.3 Å². The number of rotatable bonds is 5. The maximum atomic E-state index is 14.3. The third-order valence-corrected chi connectivity index (χ3v) is 10.5. The molecular weight excluding hydrogens is 635 g/mol. The topological polar surface area (TPSA) is 163 Å². The first-order chi connectivity index (χ1) is 22.1. The fourth-order valence-electron chi connectivity index (χ4n) is 6.94. The van der Waals surface area contributed by atoms with Crippen LogP contribution in [0.15, 0.2) is 42.5 Å². The first-order valence-corrected chi connectivity index (χ1v) is 17.1. The number of hydrogen-bond acceptors (Lipinski definition) is 5. The number of benzene rings is 2. The molecule has 0 unspecified atom stereocenters. The third-order valence-electron chi connectivity index (χ3n) is 9.49. The van der Waals surface area contributed by atoms with Crippen molar-refractivity contribution in [2.75, 3.05) is 19.6 Å². The van der Waals surface area contributed by atoms with E-state index in [1.54, 1.807) is 9.80 Å². The lowest BCUT2D eigenvalue weighted by Gasteiger charge is -2.40. The van der Waals surface area contributed by atoms with Crippen LogP contribution in [0.1, 0.15) is 58.9 Å². The number of carbonyl (C=O) groups is 4. The quantitative estimate of drug-likeness (QED) is 0.303. The molecule has 15 heteroatoms. The summed E-state index contributed by atoms with van der Waals surface area (Å²) in [6.45, 7) is 4.55. The van der Waals surface area contributed by atoms with Gasteiger partial charge in [0.1, 0.15) is 17.8 Å². The van der Waals surface area contributed by atoms with Gasteiger partial charge in [-0.15, -0.1) is 0 Å². The molecule has 0 bridgehead atoms. The molecule has 0 spiro atoms. The molecule has 4 amide bonds. The van der Waals surface area contributed by atoms with E-state index in [4.69, 9.17) is 9.79 Å². The van der Waals surface area contributed by atoms with Gasteiger partial charge in [0.25, 0.3) is 5.91 Å². The number of halogens is 2. The van der Waals surface area contributed by atoms with Crippen LogP contribution >= 0.6 is 7.60 Å². The molecule has 4 heterocycles. The summed E-state index contributed by atoms with van der Waals surface area (Å²) in [4.78, 5) is 80.0. The zero-order valence-electron chi connectivity index (χ0n) is 25.9. The number of nitrogens with one attached hydrogen (secondary N) is 2. The van der Waals surface area contributed by atoms with Crippen molar-refractivity contribution < 1.29 is 42.3 Å². The minimum absolute atomic E-state index is 0.0891. The van der Waals surface area contributed by atoms with Gasteiger partial charge in [-0.3, -0.25) is 23.7 Å². The highest BCUT2D eigenvalue weighted by Gasteiger charge is 2.50. The second-order valence-electron chi connectivity index (χ2n) is 12.6. The van der Waals surface area contributed by atoms with Crippen LogP contribution in [0.4, 0.5) is 8.78 Å². The van der Waals surface area contributed by atoms with E-state index >= 15 is 0 Å². The predicted molar refractivity (Wildman–Crippen MR) is 166 cm³/mol. The number of aromatic nitrogens is 1. The zero-order chi connectivity index (χ0) is 33.8. The van der Waals surface area contributed by atoms with Crippen molar-refractivity contribution in [3.05, 3.63) is 70.4 Å². The average molecular weight is 672 g/mol. The van der Waals surface area contributed by atoms with E-state index in [-0.39, 0.29) is 41.0 Å². The van der Waals surface area contributed by atoms with Gasteiger partial charge in [-0.1, -0.05) is 29.8 Å². The van der Waals surface area contributed by atoms with Crippen molar-refractivity contribution >= 4 is 42.1 Å². The second-order valence-corrected chi connectivity index (χ2v) is 14.3. The number of carbonyl (C=O) groups excluding carboxylic acids is 4. The number of alkyl halides is 2. The highest BCUT2D eigenvalue weighted by molar-refractivity contribution is 7.52. The van der Waals surface area contributed by atoms with E-state index in [2.05, 4.69) is 22.4 Å². The van der Waals surface area contributed by atoms with Gasteiger partial charge in [0, 0.05) is 55.6 Å². The van der Waals surface area contributed by atoms with Crippen LogP contribution in [0.2, 0.25) is 0 Å². The molecule has 3 aliphatic heterocycles. The van der Waals surface area contributed by atoms with E-state index in [0.29, 0.717) is 45.3 Å². The predicted octanol–water partition coefficient (Wildman–Crippen LogP) is 3.00. The summed E-state index contributed by atoms with van der Waals surface area (Å²) in [5.41, 5.74) is -1.81. The van der Waals surface area contributed by atoms with Crippen LogP contribution < -0.4 is 5.32 Å². The Kier molecular flexibility index (Phi) is 8.48. The number of aryl methyl sites for hydroxylation is 1. The molecule has 4 N–H and O–H groups in total. The summed E-state index contributed by atoms with van der Waals surface area (Å²) in [5.74, 6) is -1.67. The molecular formula is C32H36F2N5O7P. The van der Waals surface area contributed by atoms with Crippen molar-refractivity contribution in [3.63, 3.8) is 0 Å². The van der Waals surface area contributed by atoms with E-state index in [1.807, 2.05) is 13.0 Å². The molecule has 2 fully saturated rings. The molecule has 2 aromatic carbocycles. The van der Waals surface area contributed by atoms with E-state index < -0.39 is 42.7 Å². The van der Waals surface area contributed by atoms with Crippen LogP contribution in [0.25, 0.3) is 10.9 Å². The number of fused-ring (bicyclic) bond motifs is 3. The Bertz CT molecular complexity index is 1820. The van der Waals surface area contributed by atoms with Crippen LogP contribution in [0.5, 0.6) is 0 Å². The molecule has 2 saturated heterocycles. The lowest BCUT2D eigenvalue weighted by atomic mass is 9.97. The van der Waals surface area contributed by atoms with Crippen molar-refractivity contribution in [2.24, 2.45) is 0 Å². The second kappa shape index (κ2) is 12.1. The van der Waals surface area contributed by atoms with Gasteiger partial charge in [0.15, 0.2) is 0 Å². The summed E-state index contributed by atoms with van der Waals surface area (Å²) in [5, 5.41) is 2.78. The molecule has 3 atom stereocenters. The molecule has 3 aromatic rings. The summed E-state index contributed by atoms with van der Waals surface area (Å²) >= 11 is 0. The summed E-state index contributed by atoms with van der Waals surface area (Å²) < 4.78 is 40.0. The maximum absolute atomic E-state index is 14.3. The summed E-state index contributed by atoms with van der Waals surface area (Å²) in [7, 11) is -5.81. The van der Waals surface area contributed by atoms with Gasteiger partial charge >= 0.3 is 13.3 Å². The maximum Gasteiger partial charge on any atom is 0.399 e. The molecule has 1 aromatic heterocycles. The van der Waals surface area contributed by atoms with E-state index in [9.17, 15) is 32.5 Å². The Balaban J connectivity index is 1.24. The molecule has 3 aliphatic rings. The van der Waals surface area contributed by atoms with Gasteiger partial charge in [-0.05, 0) is 61.9 Å². The van der Waals surface area contributed by atoms with Gasteiger partial charge < -0.3 is 34.8 Å². The van der Waals surface area contributed by atoms with Crippen molar-refractivity contribution in [2.45, 2.75) is 69.9 Å². The van der Waals surface area contributed by atoms with Gasteiger partial charge in [0.05, 0.1) is 0 Å². The van der Waals surface area contributed by atoms with Gasteiger partial charge in [-0.2, -0.15) is 8.78 Å². The van der Waals surface area contributed by atoms with Crippen LogP contribution in [-0.4, -0.2) is 90.9 Å². The first kappa shape index (κ1) is 32.8. The largest absolute Gasteiger partial charge is 0.399 e. The lowest BCUT2D eigenvalue weighted by Crippen LogP contribution is -2.61. The van der Waals surface area contributed by atoms with Gasteiger partial charge in [-0.25, -0.2) is 0 Å². The number of nitrogens with zero attached hydrogens (tertiary/aromatic N) is 3. The number of hydrogen-bond donors (Lipinski definition) is 4. The van der Waals surface area contributed by atoms with Crippen LogP contribution in [-0.2, 0) is 37.6 Å². The van der Waals surface area contributed by atoms with Crippen molar-refractivity contribution in [1.29, 1.82) is 0 Å². The molecule has 47 heavy (non-hydrogen) atoms.